The highest BCUT2D eigenvalue weighted by Crippen LogP contribution is 2.20. The van der Waals surface area contributed by atoms with E-state index < -0.39 is 24.0 Å². The Labute approximate surface area is 181 Å². The summed E-state index contributed by atoms with van der Waals surface area (Å²) in [5, 5.41) is 6.38. The minimum Gasteiger partial charge on any atom is -0.451 e. The number of ether oxygens (including phenoxy) is 1. The van der Waals surface area contributed by atoms with Crippen molar-refractivity contribution in [1.29, 1.82) is 0 Å². The summed E-state index contributed by atoms with van der Waals surface area (Å²) in [7, 11) is 0. The largest absolute Gasteiger partial charge is 0.451 e. The first-order chi connectivity index (χ1) is 14.7. The number of nitrogens with one attached hydrogen (secondary N) is 3. The van der Waals surface area contributed by atoms with Gasteiger partial charge in [0.25, 0.3) is 5.91 Å². The summed E-state index contributed by atoms with van der Waals surface area (Å²) >= 11 is 0. The van der Waals surface area contributed by atoms with Crippen LogP contribution in [0.1, 0.15) is 30.5 Å². The second-order valence-corrected chi connectivity index (χ2v) is 7.70. The van der Waals surface area contributed by atoms with Crippen LogP contribution in [-0.2, 0) is 25.5 Å². The van der Waals surface area contributed by atoms with Gasteiger partial charge < -0.3 is 20.4 Å². The van der Waals surface area contributed by atoms with Crippen LogP contribution in [-0.4, -0.2) is 34.9 Å². The van der Waals surface area contributed by atoms with Gasteiger partial charge in [0.1, 0.15) is 6.04 Å². The number of aryl methyl sites for hydroxylation is 2. The zero-order valence-electron chi connectivity index (χ0n) is 18.1. The number of anilines is 1. The Kier molecular flexibility index (Phi) is 6.74. The first-order valence-corrected chi connectivity index (χ1v) is 10.2. The van der Waals surface area contributed by atoms with E-state index in [4.69, 9.17) is 4.74 Å². The normalized spacial score (nSPS) is 12.8. The SMILES string of the molecule is CC(=O)N[C@@H](Cc1c[nH]c2ccccc12)C(=O)O[C@@H](C)C(=O)Nc1ccc(C)cc1C. The van der Waals surface area contributed by atoms with E-state index in [1.807, 2.05) is 62.5 Å². The van der Waals surface area contributed by atoms with Crippen LogP contribution in [0.25, 0.3) is 10.9 Å². The van der Waals surface area contributed by atoms with Gasteiger partial charge in [0.15, 0.2) is 6.10 Å². The molecule has 0 spiro atoms. The molecule has 1 aromatic heterocycles. The van der Waals surface area contributed by atoms with Gasteiger partial charge in [-0.05, 0) is 44.0 Å². The third-order valence-corrected chi connectivity index (χ3v) is 5.06. The van der Waals surface area contributed by atoms with E-state index in [0.717, 1.165) is 27.6 Å². The Balaban J connectivity index is 1.69. The maximum atomic E-state index is 12.8. The molecule has 0 saturated heterocycles. The summed E-state index contributed by atoms with van der Waals surface area (Å²) in [5.41, 5.74) is 4.48. The van der Waals surface area contributed by atoms with Gasteiger partial charge in [0.05, 0.1) is 0 Å². The molecule has 0 saturated carbocycles. The molecule has 2 aromatic carbocycles. The number of hydrogen-bond acceptors (Lipinski definition) is 4. The molecule has 0 bridgehead atoms. The first-order valence-electron chi connectivity index (χ1n) is 10.2. The number of para-hydroxylation sites is 1. The van der Waals surface area contributed by atoms with Crippen LogP contribution >= 0.6 is 0 Å². The van der Waals surface area contributed by atoms with Crippen molar-refractivity contribution in [1.82, 2.24) is 10.3 Å². The molecular formula is C24H27N3O4. The van der Waals surface area contributed by atoms with E-state index in [-0.39, 0.29) is 12.3 Å². The zero-order valence-corrected chi connectivity index (χ0v) is 18.1. The number of hydrogen-bond donors (Lipinski definition) is 3. The van der Waals surface area contributed by atoms with E-state index in [2.05, 4.69) is 15.6 Å². The summed E-state index contributed by atoms with van der Waals surface area (Å²) < 4.78 is 5.40. The second kappa shape index (κ2) is 9.47. The fraction of sp³-hybridized carbons (Fsp3) is 0.292. The van der Waals surface area contributed by atoms with Crippen molar-refractivity contribution in [2.75, 3.05) is 5.32 Å². The van der Waals surface area contributed by atoms with Gasteiger partial charge in [-0.25, -0.2) is 4.79 Å². The van der Waals surface area contributed by atoms with Crippen molar-refractivity contribution in [3.63, 3.8) is 0 Å². The lowest BCUT2D eigenvalue weighted by Gasteiger charge is -2.20. The van der Waals surface area contributed by atoms with Crippen molar-refractivity contribution in [2.45, 2.75) is 46.3 Å². The molecular weight excluding hydrogens is 394 g/mol. The van der Waals surface area contributed by atoms with Gasteiger partial charge in [-0.3, -0.25) is 9.59 Å². The molecule has 162 valence electrons. The number of rotatable bonds is 7. The van der Waals surface area contributed by atoms with E-state index in [0.29, 0.717) is 5.69 Å². The Morgan fingerprint density at radius 2 is 1.84 bits per heavy atom. The zero-order chi connectivity index (χ0) is 22.5. The molecule has 3 aromatic rings. The summed E-state index contributed by atoms with van der Waals surface area (Å²) in [6, 6.07) is 12.5. The van der Waals surface area contributed by atoms with Crippen LogP contribution in [0.3, 0.4) is 0 Å². The summed E-state index contributed by atoms with van der Waals surface area (Å²) in [4.78, 5) is 40.2. The number of aromatic amines is 1. The second-order valence-electron chi connectivity index (χ2n) is 7.70. The van der Waals surface area contributed by atoms with E-state index >= 15 is 0 Å². The smallest absolute Gasteiger partial charge is 0.329 e. The Hall–Kier alpha value is -3.61. The lowest BCUT2D eigenvalue weighted by atomic mass is 10.0. The summed E-state index contributed by atoms with van der Waals surface area (Å²) in [6.45, 7) is 6.71. The van der Waals surface area contributed by atoms with Crippen molar-refractivity contribution in [3.8, 4) is 0 Å². The molecule has 31 heavy (non-hydrogen) atoms. The fourth-order valence-electron chi connectivity index (χ4n) is 3.46. The molecule has 0 aliphatic rings. The topological polar surface area (TPSA) is 100 Å². The number of esters is 1. The van der Waals surface area contributed by atoms with E-state index in [1.54, 1.807) is 0 Å². The Morgan fingerprint density at radius 1 is 1.10 bits per heavy atom. The minimum absolute atomic E-state index is 0.244. The third kappa shape index (κ3) is 5.51. The van der Waals surface area contributed by atoms with E-state index in [1.165, 1.54) is 13.8 Å². The summed E-state index contributed by atoms with van der Waals surface area (Å²) in [6.07, 6.45) is 1.03. The van der Waals surface area contributed by atoms with Gasteiger partial charge in [-0.2, -0.15) is 0 Å². The van der Waals surface area contributed by atoms with Crippen LogP contribution in [0.15, 0.2) is 48.7 Å². The number of aromatic nitrogens is 1. The average Bonchev–Trinajstić information content (AvgIpc) is 3.12. The number of carbonyl (C=O) groups excluding carboxylic acids is 3. The van der Waals surface area contributed by atoms with Crippen LogP contribution < -0.4 is 10.6 Å². The standard InChI is InChI=1S/C24H27N3O4/c1-14-9-10-20(15(2)11-14)27-23(29)16(3)31-24(30)22(26-17(4)28)12-18-13-25-21-8-6-5-7-19(18)21/h5-11,13,16,22,25H,12H2,1-4H3,(H,26,28)(H,27,29)/t16-,22-/m0/s1. The quantitative estimate of drug-likeness (QED) is 0.509. The molecule has 0 radical (unpaired) electrons. The number of H-pyrrole nitrogens is 1. The summed E-state index contributed by atoms with van der Waals surface area (Å²) in [5.74, 6) is -1.45. The monoisotopic (exact) mass is 421 g/mol. The Morgan fingerprint density at radius 3 is 2.55 bits per heavy atom. The van der Waals surface area contributed by atoms with Crippen molar-refractivity contribution in [2.24, 2.45) is 0 Å². The number of amides is 2. The van der Waals surface area contributed by atoms with Crippen molar-refractivity contribution < 1.29 is 19.1 Å². The van der Waals surface area contributed by atoms with Gasteiger partial charge in [-0.15, -0.1) is 0 Å². The highest BCUT2D eigenvalue weighted by molar-refractivity contribution is 5.96. The number of fused-ring (bicyclic) bond motifs is 1. The lowest BCUT2D eigenvalue weighted by molar-refractivity contribution is -0.156. The Bertz CT molecular complexity index is 1120. The van der Waals surface area contributed by atoms with Crippen LogP contribution in [0.4, 0.5) is 5.69 Å². The fourth-order valence-corrected chi connectivity index (χ4v) is 3.46. The van der Waals surface area contributed by atoms with Gasteiger partial charge >= 0.3 is 5.97 Å². The highest BCUT2D eigenvalue weighted by atomic mass is 16.5. The van der Waals surface area contributed by atoms with Gasteiger partial charge in [-0.1, -0.05) is 35.9 Å². The molecule has 0 aliphatic carbocycles. The predicted molar refractivity (Wildman–Crippen MR) is 120 cm³/mol. The van der Waals surface area contributed by atoms with Crippen LogP contribution in [0, 0.1) is 13.8 Å². The highest BCUT2D eigenvalue weighted by Gasteiger charge is 2.27. The number of benzene rings is 2. The van der Waals surface area contributed by atoms with Gasteiger partial charge in [0, 0.05) is 36.1 Å². The molecule has 2 atom stereocenters. The average molecular weight is 421 g/mol. The molecule has 0 fully saturated rings. The van der Waals surface area contributed by atoms with E-state index in [9.17, 15) is 14.4 Å². The van der Waals surface area contributed by atoms with Gasteiger partial charge in [0.2, 0.25) is 5.91 Å². The maximum Gasteiger partial charge on any atom is 0.329 e. The molecule has 2 amide bonds. The molecule has 0 aliphatic heterocycles. The molecule has 7 heteroatoms. The third-order valence-electron chi connectivity index (χ3n) is 5.06. The molecule has 3 N–H and O–H groups in total. The maximum absolute atomic E-state index is 12.8. The van der Waals surface area contributed by atoms with Crippen molar-refractivity contribution >= 4 is 34.4 Å². The molecule has 7 nitrogen and oxygen atoms in total. The van der Waals surface area contributed by atoms with Crippen LogP contribution in [0.2, 0.25) is 0 Å². The lowest BCUT2D eigenvalue weighted by Crippen LogP contribution is -2.44. The van der Waals surface area contributed by atoms with Crippen LogP contribution in [0.5, 0.6) is 0 Å². The first kappa shape index (κ1) is 22.1. The molecule has 3 rings (SSSR count). The predicted octanol–water partition coefficient (Wildman–Crippen LogP) is 3.40. The molecule has 0 unspecified atom stereocenters. The number of carbonyl (C=O) groups is 3. The minimum atomic E-state index is -1.02. The van der Waals surface area contributed by atoms with Crippen molar-refractivity contribution in [3.05, 3.63) is 65.4 Å². The molecule has 1 heterocycles.